The summed E-state index contributed by atoms with van der Waals surface area (Å²) in [7, 11) is 0. The molecule has 0 aliphatic heterocycles. The second-order valence-corrected chi connectivity index (χ2v) is 7.23. The number of thiazole rings is 1. The first-order valence-corrected chi connectivity index (χ1v) is 9.31. The van der Waals surface area contributed by atoms with Gasteiger partial charge >= 0.3 is 0 Å². The summed E-state index contributed by atoms with van der Waals surface area (Å²) >= 11 is 7.56. The third kappa shape index (κ3) is 3.34. The molecule has 1 atom stereocenters. The number of aromatic nitrogens is 3. The van der Waals surface area contributed by atoms with E-state index >= 15 is 0 Å². The molecule has 0 saturated heterocycles. The van der Waals surface area contributed by atoms with Gasteiger partial charge < -0.3 is 10.3 Å². The van der Waals surface area contributed by atoms with E-state index in [0.717, 1.165) is 27.3 Å². The molecule has 0 fully saturated rings. The van der Waals surface area contributed by atoms with Crippen LogP contribution in [0.4, 0.5) is 5.13 Å². The lowest BCUT2D eigenvalue weighted by Gasteiger charge is -2.13. The molecule has 4 rings (SSSR count). The van der Waals surface area contributed by atoms with Crippen LogP contribution in [0.2, 0.25) is 5.02 Å². The zero-order valence-electron chi connectivity index (χ0n) is 13.9. The van der Waals surface area contributed by atoms with Crippen LogP contribution in [0.1, 0.15) is 18.5 Å². The van der Waals surface area contributed by atoms with Gasteiger partial charge in [-0.3, -0.25) is 9.78 Å². The number of benzene rings is 1. The van der Waals surface area contributed by atoms with E-state index in [1.165, 1.54) is 11.3 Å². The van der Waals surface area contributed by atoms with Crippen molar-refractivity contribution in [3.63, 3.8) is 0 Å². The molecule has 7 heteroatoms. The van der Waals surface area contributed by atoms with Crippen LogP contribution in [0.3, 0.4) is 0 Å². The van der Waals surface area contributed by atoms with E-state index in [0.29, 0.717) is 10.6 Å². The Balaban J connectivity index is 1.61. The number of nitrogens with one attached hydrogen (secondary N) is 2. The standard InChI is InChI=1S/C19H15ClN4OS/c1-11(15-8-13-7-14(20)4-5-16(13)23-18(15)25)22-19-24-17(10-26-19)12-3-2-6-21-9-12/h2-11H,1H3,(H,22,24)(H,23,25)/t11-/m0/s1. The average molecular weight is 383 g/mol. The smallest absolute Gasteiger partial charge is 0.253 e. The van der Waals surface area contributed by atoms with Crippen molar-refractivity contribution in [2.45, 2.75) is 13.0 Å². The highest BCUT2D eigenvalue weighted by Crippen LogP contribution is 2.27. The Bertz CT molecular complexity index is 1120. The van der Waals surface area contributed by atoms with Gasteiger partial charge in [-0.05, 0) is 43.3 Å². The molecule has 26 heavy (non-hydrogen) atoms. The molecule has 0 spiro atoms. The number of halogens is 1. The fraction of sp³-hybridized carbons (Fsp3) is 0.105. The molecule has 3 heterocycles. The normalized spacial score (nSPS) is 12.2. The van der Waals surface area contributed by atoms with Crippen molar-refractivity contribution in [3.05, 3.63) is 75.1 Å². The molecule has 0 amide bonds. The fourth-order valence-electron chi connectivity index (χ4n) is 2.77. The predicted octanol–water partition coefficient (Wildman–Crippen LogP) is 4.87. The Morgan fingerprint density at radius 3 is 2.96 bits per heavy atom. The van der Waals surface area contributed by atoms with Crippen molar-refractivity contribution in [1.82, 2.24) is 15.0 Å². The maximum atomic E-state index is 12.4. The Morgan fingerprint density at radius 1 is 1.27 bits per heavy atom. The minimum atomic E-state index is -0.199. The number of rotatable bonds is 4. The monoisotopic (exact) mass is 382 g/mol. The second-order valence-electron chi connectivity index (χ2n) is 5.93. The summed E-state index contributed by atoms with van der Waals surface area (Å²) in [6.07, 6.45) is 3.51. The maximum Gasteiger partial charge on any atom is 0.253 e. The molecule has 0 radical (unpaired) electrons. The van der Waals surface area contributed by atoms with Gasteiger partial charge in [0, 0.05) is 44.8 Å². The number of hydrogen-bond acceptors (Lipinski definition) is 5. The summed E-state index contributed by atoms with van der Waals surface area (Å²) in [4.78, 5) is 24.0. The predicted molar refractivity (Wildman–Crippen MR) is 107 cm³/mol. The lowest BCUT2D eigenvalue weighted by Crippen LogP contribution is -2.19. The van der Waals surface area contributed by atoms with Crippen LogP contribution in [-0.2, 0) is 0 Å². The minimum absolute atomic E-state index is 0.121. The van der Waals surface area contributed by atoms with Crippen LogP contribution in [0, 0.1) is 0 Å². The van der Waals surface area contributed by atoms with Gasteiger partial charge in [0.25, 0.3) is 5.56 Å². The Morgan fingerprint density at radius 2 is 2.15 bits per heavy atom. The van der Waals surface area contributed by atoms with Gasteiger partial charge in [-0.1, -0.05) is 11.6 Å². The van der Waals surface area contributed by atoms with Crippen LogP contribution in [0.15, 0.2) is 59.0 Å². The highest BCUT2D eigenvalue weighted by Gasteiger charge is 2.13. The van der Waals surface area contributed by atoms with E-state index in [1.54, 1.807) is 18.5 Å². The number of aromatic amines is 1. The third-order valence-electron chi connectivity index (χ3n) is 4.10. The first kappa shape index (κ1) is 16.8. The largest absolute Gasteiger partial charge is 0.355 e. The molecule has 4 aromatic rings. The lowest BCUT2D eigenvalue weighted by molar-refractivity contribution is 0.863. The summed E-state index contributed by atoms with van der Waals surface area (Å²) in [6, 6.07) is 10.9. The Hall–Kier alpha value is -2.70. The molecule has 3 aromatic heterocycles. The van der Waals surface area contributed by atoms with Crippen LogP contribution in [0.5, 0.6) is 0 Å². The van der Waals surface area contributed by atoms with Crippen molar-refractivity contribution in [3.8, 4) is 11.3 Å². The molecule has 1 aromatic carbocycles. The van der Waals surface area contributed by atoms with Crippen molar-refractivity contribution in [2.24, 2.45) is 0 Å². The first-order chi connectivity index (χ1) is 12.6. The van der Waals surface area contributed by atoms with Crippen LogP contribution < -0.4 is 10.9 Å². The van der Waals surface area contributed by atoms with E-state index in [2.05, 4.69) is 20.3 Å². The molecule has 0 aliphatic carbocycles. The zero-order valence-corrected chi connectivity index (χ0v) is 15.4. The Kier molecular flexibility index (Phi) is 4.44. The number of anilines is 1. The summed E-state index contributed by atoms with van der Waals surface area (Å²) in [5, 5.41) is 7.56. The van der Waals surface area contributed by atoms with Crippen molar-refractivity contribution < 1.29 is 0 Å². The first-order valence-electron chi connectivity index (χ1n) is 8.05. The summed E-state index contributed by atoms with van der Waals surface area (Å²) in [6.45, 7) is 1.94. The molecule has 0 unspecified atom stereocenters. The van der Waals surface area contributed by atoms with Crippen LogP contribution in [0.25, 0.3) is 22.2 Å². The number of H-pyrrole nitrogens is 1. The van der Waals surface area contributed by atoms with Crippen LogP contribution >= 0.6 is 22.9 Å². The second kappa shape index (κ2) is 6.90. The average Bonchev–Trinajstić information content (AvgIpc) is 3.10. The number of nitrogens with zero attached hydrogens (tertiary/aromatic N) is 2. The number of hydrogen-bond donors (Lipinski definition) is 2. The van der Waals surface area contributed by atoms with Gasteiger partial charge in [0.1, 0.15) is 0 Å². The quantitative estimate of drug-likeness (QED) is 0.528. The molecule has 5 nitrogen and oxygen atoms in total. The number of fused-ring (bicyclic) bond motifs is 1. The maximum absolute atomic E-state index is 12.4. The van der Waals surface area contributed by atoms with Gasteiger partial charge in [-0.15, -0.1) is 11.3 Å². The van der Waals surface area contributed by atoms with Gasteiger partial charge in [0.05, 0.1) is 11.7 Å². The fourth-order valence-corrected chi connectivity index (χ4v) is 3.75. The SMILES string of the molecule is C[C@H](Nc1nc(-c2cccnc2)cs1)c1cc2cc(Cl)ccc2[nH]c1=O. The van der Waals surface area contributed by atoms with Gasteiger partial charge in [-0.2, -0.15) is 0 Å². The van der Waals surface area contributed by atoms with Gasteiger partial charge in [0.15, 0.2) is 5.13 Å². The van der Waals surface area contributed by atoms with Gasteiger partial charge in [0.2, 0.25) is 0 Å². The summed E-state index contributed by atoms with van der Waals surface area (Å²) in [5.41, 5.74) is 3.10. The Labute approximate surface area is 158 Å². The molecule has 0 aliphatic rings. The van der Waals surface area contributed by atoms with E-state index < -0.39 is 0 Å². The molecule has 130 valence electrons. The topological polar surface area (TPSA) is 70.7 Å². The van der Waals surface area contributed by atoms with Crippen molar-refractivity contribution in [1.29, 1.82) is 0 Å². The van der Waals surface area contributed by atoms with E-state index in [-0.39, 0.29) is 11.6 Å². The molecular weight excluding hydrogens is 368 g/mol. The van der Waals surface area contributed by atoms with Crippen LogP contribution in [-0.4, -0.2) is 15.0 Å². The van der Waals surface area contributed by atoms with Crippen molar-refractivity contribution in [2.75, 3.05) is 5.32 Å². The molecule has 2 N–H and O–H groups in total. The number of pyridine rings is 2. The third-order valence-corrected chi connectivity index (χ3v) is 5.11. The molecular formula is C19H15ClN4OS. The summed E-state index contributed by atoms with van der Waals surface area (Å²) < 4.78 is 0. The highest BCUT2D eigenvalue weighted by atomic mass is 35.5. The van der Waals surface area contributed by atoms with E-state index in [1.807, 2.05) is 42.6 Å². The minimum Gasteiger partial charge on any atom is -0.355 e. The van der Waals surface area contributed by atoms with Gasteiger partial charge in [-0.25, -0.2) is 4.98 Å². The summed E-state index contributed by atoms with van der Waals surface area (Å²) in [5.74, 6) is 0. The highest BCUT2D eigenvalue weighted by molar-refractivity contribution is 7.14. The van der Waals surface area contributed by atoms with Crippen molar-refractivity contribution >= 4 is 39.0 Å². The molecule has 0 saturated carbocycles. The lowest BCUT2D eigenvalue weighted by atomic mass is 10.1. The zero-order chi connectivity index (χ0) is 18.1. The van der Waals surface area contributed by atoms with E-state index in [9.17, 15) is 4.79 Å². The van der Waals surface area contributed by atoms with E-state index in [4.69, 9.17) is 11.6 Å². The molecule has 0 bridgehead atoms.